The van der Waals surface area contributed by atoms with Gasteiger partial charge in [-0.2, -0.15) is 0 Å². The first-order valence-corrected chi connectivity index (χ1v) is 12.2. The van der Waals surface area contributed by atoms with Gasteiger partial charge in [0.15, 0.2) is 0 Å². The average Bonchev–Trinajstić information content (AvgIpc) is 2.49. The van der Waals surface area contributed by atoms with Gasteiger partial charge in [0.25, 0.3) is 0 Å². The number of hydrogen-bond donors (Lipinski definition) is 0. The first kappa shape index (κ1) is 22.7. The van der Waals surface area contributed by atoms with E-state index in [-0.39, 0.29) is 0 Å². The summed E-state index contributed by atoms with van der Waals surface area (Å²) in [6.07, 6.45) is 17.0. The molecule has 0 atom stereocenters. The van der Waals surface area contributed by atoms with E-state index in [0.717, 1.165) is 0 Å². The van der Waals surface area contributed by atoms with Crippen LogP contribution in [-0.2, 0) is 0 Å². The average molecular weight is 349 g/mol. The molecule has 0 amide bonds. The molecule has 0 radical (unpaired) electrons. The number of unbranched alkanes of at least 4 members (excludes halogenated alkanes) is 10. The minimum Gasteiger partial charge on any atom is -0.319 e. The molecule has 0 aliphatic rings. The molecule has 1 nitrogen and oxygen atoms in total. The second-order valence-electron chi connectivity index (χ2n) is 7.26. The second-order valence-corrected chi connectivity index (χ2v) is 9.82. The van der Waals surface area contributed by atoms with Crippen LogP contribution in [0, 0.1) is 0 Å². The second kappa shape index (κ2) is 16.5. The van der Waals surface area contributed by atoms with Crippen LogP contribution >= 0.6 is 21.6 Å². The van der Waals surface area contributed by atoms with Crippen molar-refractivity contribution in [2.45, 2.75) is 90.9 Å². The Hall–Kier alpha value is 0.660. The molecule has 0 aromatic carbocycles. The summed E-state index contributed by atoms with van der Waals surface area (Å²) in [5, 5.41) is 0. The Morgan fingerprint density at radius 2 is 1.09 bits per heavy atom. The molecule has 0 N–H and O–H groups in total. The molecule has 0 saturated heterocycles. The van der Waals surface area contributed by atoms with Crippen molar-refractivity contribution >= 4 is 21.6 Å². The predicted molar refractivity (Wildman–Crippen MR) is 109 cm³/mol. The van der Waals surface area contributed by atoms with Crippen LogP contribution in [-0.4, -0.2) is 36.8 Å². The fourth-order valence-electron chi connectivity index (χ4n) is 2.56. The predicted octanol–water partition coefficient (Wildman–Crippen LogP) is 7.12. The van der Waals surface area contributed by atoms with E-state index in [1.165, 1.54) is 99.7 Å². The SMILES string of the molecule is CCCCCCCCSSC[N+](C)(C)CCCCCCCC. The van der Waals surface area contributed by atoms with Crippen molar-refractivity contribution in [3.8, 4) is 0 Å². The lowest BCUT2D eigenvalue weighted by Crippen LogP contribution is -2.39. The third kappa shape index (κ3) is 17.0. The van der Waals surface area contributed by atoms with Crippen molar-refractivity contribution in [3.05, 3.63) is 0 Å². The van der Waals surface area contributed by atoms with Crippen molar-refractivity contribution in [1.82, 2.24) is 0 Å². The molecule has 0 unspecified atom stereocenters. The molecule has 0 aromatic rings. The van der Waals surface area contributed by atoms with E-state index in [4.69, 9.17) is 0 Å². The van der Waals surface area contributed by atoms with E-state index in [9.17, 15) is 0 Å². The fraction of sp³-hybridized carbons (Fsp3) is 1.00. The van der Waals surface area contributed by atoms with Gasteiger partial charge in [-0.15, -0.1) is 0 Å². The molecule has 0 aromatic heterocycles. The summed E-state index contributed by atoms with van der Waals surface area (Å²) in [5.41, 5.74) is 0. The minimum atomic E-state index is 1.18. The van der Waals surface area contributed by atoms with E-state index in [1.807, 2.05) is 0 Å². The van der Waals surface area contributed by atoms with E-state index in [0.29, 0.717) is 0 Å². The van der Waals surface area contributed by atoms with Crippen molar-refractivity contribution < 1.29 is 4.48 Å². The summed E-state index contributed by atoms with van der Waals surface area (Å²) in [7, 11) is 8.97. The highest BCUT2D eigenvalue weighted by atomic mass is 33.1. The lowest BCUT2D eigenvalue weighted by molar-refractivity contribution is -0.877. The number of hydrogen-bond acceptors (Lipinski definition) is 2. The normalized spacial score (nSPS) is 12.0. The van der Waals surface area contributed by atoms with Gasteiger partial charge in [-0.1, -0.05) is 82.4 Å². The maximum absolute atomic E-state index is 2.39. The maximum Gasteiger partial charge on any atom is 0.135 e. The Kier molecular flexibility index (Phi) is 17.0. The van der Waals surface area contributed by atoms with Crippen LogP contribution in [0.2, 0.25) is 0 Å². The van der Waals surface area contributed by atoms with Crippen LogP contribution in [0.15, 0.2) is 0 Å². The van der Waals surface area contributed by atoms with Crippen LogP contribution in [0.1, 0.15) is 90.9 Å². The van der Waals surface area contributed by atoms with Gasteiger partial charge in [0.2, 0.25) is 0 Å². The van der Waals surface area contributed by atoms with Gasteiger partial charge in [-0.3, -0.25) is 0 Å². The van der Waals surface area contributed by atoms with E-state index >= 15 is 0 Å². The highest BCUT2D eigenvalue weighted by Crippen LogP contribution is 2.26. The Morgan fingerprint density at radius 1 is 0.591 bits per heavy atom. The van der Waals surface area contributed by atoms with Gasteiger partial charge < -0.3 is 4.48 Å². The summed E-state index contributed by atoms with van der Waals surface area (Å²) in [5.74, 6) is 2.60. The molecule has 0 spiro atoms. The summed E-state index contributed by atoms with van der Waals surface area (Å²) in [6, 6.07) is 0. The lowest BCUT2D eigenvalue weighted by atomic mass is 10.1. The molecular weight excluding hydrogens is 306 g/mol. The molecular formula is C19H42NS2+. The van der Waals surface area contributed by atoms with Gasteiger partial charge in [0.05, 0.1) is 20.6 Å². The van der Waals surface area contributed by atoms with Gasteiger partial charge in [-0.25, -0.2) is 0 Å². The van der Waals surface area contributed by atoms with Crippen molar-refractivity contribution in [3.63, 3.8) is 0 Å². The Bertz CT molecular complexity index is 219. The topological polar surface area (TPSA) is 0 Å². The van der Waals surface area contributed by atoms with Crippen LogP contribution in [0.25, 0.3) is 0 Å². The molecule has 0 bridgehead atoms. The largest absolute Gasteiger partial charge is 0.319 e. The van der Waals surface area contributed by atoms with Crippen molar-refractivity contribution in [1.29, 1.82) is 0 Å². The van der Waals surface area contributed by atoms with Gasteiger partial charge >= 0.3 is 0 Å². The quantitative estimate of drug-likeness (QED) is 0.119. The Labute approximate surface area is 149 Å². The van der Waals surface area contributed by atoms with Crippen molar-refractivity contribution in [2.75, 3.05) is 32.3 Å². The number of quaternary nitrogens is 1. The van der Waals surface area contributed by atoms with Crippen LogP contribution in [0.3, 0.4) is 0 Å². The highest BCUT2D eigenvalue weighted by Gasteiger charge is 2.14. The molecule has 0 saturated carbocycles. The highest BCUT2D eigenvalue weighted by molar-refractivity contribution is 8.76. The monoisotopic (exact) mass is 348 g/mol. The molecule has 0 fully saturated rings. The van der Waals surface area contributed by atoms with Crippen LogP contribution < -0.4 is 0 Å². The smallest absolute Gasteiger partial charge is 0.135 e. The first-order chi connectivity index (χ1) is 10.6. The molecule has 0 aliphatic carbocycles. The summed E-state index contributed by atoms with van der Waals surface area (Å²) >= 11 is 0. The molecule has 134 valence electrons. The van der Waals surface area contributed by atoms with Crippen LogP contribution in [0.4, 0.5) is 0 Å². The van der Waals surface area contributed by atoms with E-state index < -0.39 is 0 Å². The molecule has 0 aliphatic heterocycles. The number of nitrogens with zero attached hydrogens (tertiary/aromatic N) is 1. The third-order valence-corrected chi connectivity index (χ3v) is 6.93. The van der Waals surface area contributed by atoms with E-state index in [1.54, 1.807) is 0 Å². The summed E-state index contributed by atoms with van der Waals surface area (Å²) in [4.78, 5) is 0. The zero-order valence-electron chi connectivity index (χ0n) is 15.9. The van der Waals surface area contributed by atoms with Gasteiger partial charge in [-0.05, 0) is 30.1 Å². The molecule has 22 heavy (non-hydrogen) atoms. The Morgan fingerprint density at radius 3 is 1.68 bits per heavy atom. The van der Waals surface area contributed by atoms with E-state index in [2.05, 4.69) is 49.5 Å². The lowest BCUT2D eigenvalue weighted by Gasteiger charge is -2.29. The minimum absolute atomic E-state index is 1.18. The number of rotatable bonds is 17. The zero-order valence-corrected chi connectivity index (χ0v) is 17.5. The molecule has 0 rings (SSSR count). The first-order valence-electron chi connectivity index (χ1n) is 9.69. The molecule has 0 heterocycles. The molecule has 3 heteroatoms. The van der Waals surface area contributed by atoms with Gasteiger partial charge in [0.1, 0.15) is 5.88 Å². The summed E-state index contributed by atoms with van der Waals surface area (Å²) < 4.78 is 1.18. The zero-order chi connectivity index (χ0) is 16.5. The Balaban J connectivity index is 3.32. The van der Waals surface area contributed by atoms with Crippen LogP contribution in [0.5, 0.6) is 0 Å². The van der Waals surface area contributed by atoms with Gasteiger partial charge in [0, 0.05) is 5.75 Å². The third-order valence-electron chi connectivity index (χ3n) is 4.18. The van der Waals surface area contributed by atoms with Crippen molar-refractivity contribution in [2.24, 2.45) is 0 Å². The standard InChI is InChI=1S/C19H42NS2/c1-5-7-9-11-13-15-17-20(3,4)19-22-21-18-16-14-12-10-8-6-2/h5-19H2,1-4H3/q+1. The maximum atomic E-state index is 2.39. The fourth-order valence-corrected chi connectivity index (χ4v) is 5.28. The summed E-state index contributed by atoms with van der Waals surface area (Å²) in [6.45, 7) is 5.93.